The summed E-state index contributed by atoms with van der Waals surface area (Å²) in [5.41, 5.74) is 0. The number of esters is 1. The first kappa shape index (κ1) is 10.0. The minimum Gasteiger partial charge on any atom is -0.462 e. The van der Waals surface area contributed by atoms with Crippen LogP contribution < -0.4 is 0 Å². The molecule has 0 fully saturated rings. The van der Waals surface area contributed by atoms with Crippen molar-refractivity contribution in [3.63, 3.8) is 0 Å². The van der Waals surface area contributed by atoms with Crippen molar-refractivity contribution < 1.29 is 9.53 Å². The van der Waals surface area contributed by atoms with E-state index in [-0.39, 0.29) is 17.8 Å². The molecule has 1 aromatic heterocycles. The van der Waals surface area contributed by atoms with Crippen molar-refractivity contribution in [2.75, 3.05) is 5.75 Å². The molecule has 1 N–H and O–H groups in total. The van der Waals surface area contributed by atoms with Crippen molar-refractivity contribution >= 4 is 17.7 Å². The highest BCUT2D eigenvalue weighted by atomic mass is 32.2. The third kappa shape index (κ3) is 3.93. The fraction of sp³-hybridized carbons (Fsp3) is 0.571. The third-order valence-electron chi connectivity index (χ3n) is 1.09. The van der Waals surface area contributed by atoms with Crippen LogP contribution in [-0.2, 0) is 9.53 Å². The number of carbonyl (C=O) groups is 1. The van der Waals surface area contributed by atoms with Crippen molar-refractivity contribution in [1.29, 1.82) is 0 Å². The average molecular weight is 201 g/mol. The first-order valence-corrected chi connectivity index (χ1v) is 4.84. The van der Waals surface area contributed by atoms with Gasteiger partial charge in [-0.1, -0.05) is 11.8 Å². The number of nitrogens with one attached hydrogen (secondary N) is 1. The summed E-state index contributed by atoms with van der Waals surface area (Å²) >= 11 is 1.27. The molecule has 0 spiro atoms. The zero-order valence-corrected chi connectivity index (χ0v) is 8.30. The fourth-order valence-electron chi connectivity index (χ4n) is 0.688. The Bertz CT molecular complexity index is 261. The maximum absolute atomic E-state index is 11.0. The molecule has 5 nitrogen and oxygen atoms in total. The van der Waals surface area contributed by atoms with E-state index in [0.717, 1.165) is 0 Å². The molecule has 0 amide bonds. The molecular formula is C7H11N3O2S. The lowest BCUT2D eigenvalue weighted by Gasteiger charge is -2.05. The van der Waals surface area contributed by atoms with Crippen molar-refractivity contribution in [3.8, 4) is 0 Å². The van der Waals surface area contributed by atoms with E-state index in [1.165, 1.54) is 18.1 Å². The van der Waals surface area contributed by atoms with E-state index in [4.69, 9.17) is 4.74 Å². The van der Waals surface area contributed by atoms with E-state index >= 15 is 0 Å². The molecule has 1 heterocycles. The standard InChI is InChI=1S/C7H11N3O2S/c1-5(2)12-6(11)3-13-7-8-4-9-10-7/h4-5H,3H2,1-2H3,(H,8,9,10). The first-order chi connectivity index (χ1) is 6.18. The predicted molar refractivity (Wildman–Crippen MR) is 48.3 cm³/mol. The van der Waals surface area contributed by atoms with Gasteiger partial charge in [0, 0.05) is 0 Å². The first-order valence-electron chi connectivity index (χ1n) is 3.86. The van der Waals surface area contributed by atoms with Gasteiger partial charge in [0.25, 0.3) is 0 Å². The van der Waals surface area contributed by atoms with E-state index < -0.39 is 0 Å². The second kappa shape index (κ2) is 4.86. The van der Waals surface area contributed by atoms with Crippen LogP contribution in [-0.4, -0.2) is 33.0 Å². The molecule has 0 saturated heterocycles. The van der Waals surface area contributed by atoms with E-state index in [0.29, 0.717) is 5.16 Å². The van der Waals surface area contributed by atoms with Crippen LogP contribution in [0.15, 0.2) is 11.5 Å². The number of hydrogen-bond acceptors (Lipinski definition) is 5. The van der Waals surface area contributed by atoms with Crippen molar-refractivity contribution in [3.05, 3.63) is 6.33 Å². The van der Waals surface area contributed by atoms with Gasteiger partial charge in [0.2, 0.25) is 0 Å². The van der Waals surface area contributed by atoms with Crippen LogP contribution >= 0.6 is 11.8 Å². The van der Waals surface area contributed by atoms with Crippen molar-refractivity contribution in [2.45, 2.75) is 25.1 Å². The molecule has 1 aromatic rings. The SMILES string of the molecule is CC(C)OC(=O)CSc1ncn[nH]1. The van der Waals surface area contributed by atoms with Gasteiger partial charge in [0.1, 0.15) is 6.33 Å². The van der Waals surface area contributed by atoms with Crippen LogP contribution in [0.3, 0.4) is 0 Å². The lowest BCUT2D eigenvalue weighted by molar-refractivity contribution is -0.144. The maximum Gasteiger partial charge on any atom is 0.316 e. The van der Waals surface area contributed by atoms with Gasteiger partial charge < -0.3 is 4.74 Å². The average Bonchev–Trinajstić information content (AvgIpc) is 2.51. The molecule has 6 heteroatoms. The smallest absolute Gasteiger partial charge is 0.316 e. The molecule has 0 aromatic carbocycles. The number of aromatic amines is 1. The molecule has 0 aliphatic rings. The van der Waals surface area contributed by atoms with Crippen LogP contribution in [0.5, 0.6) is 0 Å². The van der Waals surface area contributed by atoms with Crippen LogP contribution in [0, 0.1) is 0 Å². The lowest BCUT2D eigenvalue weighted by Crippen LogP contribution is -2.13. The highest BCUT2D eigenvalue weighted by Crippen LogP contribution is 2.10. The van der Waals surface area contributed by atoms with E-state index in [1.807, 2.05) is 13.8 Å². The molecule has 0 aliphatic heterocycles. The summed E-state index contributed by atoms with van der Waals surface area (Å²) in [5.74, 6) is 0.0179. The Labute approximate surface area is 80.3 Å². The van der Waals surface area contributed by atoms with Gasteiger partial charge >= 0.3 is 5.97 Å². The van der Waals surface area contributed by atoms with Gasteiger partial charge in [-0.2, -0.15) is 5.10 Å². The molecule has 0 atom stereocenters. The Morgan fingerprint density at radius 3 is 3.08 bits per heavy atom. The number of aromatic nitrogens is 3. The Hall–Kier alpha value is -1.04. The molecule has 72 valence electrons. The van der Waals surface area contributed by atoms with Crippen LogP contribution in [0.25, 0.3) is 0 Å². The van der Waals surface area contributed by atoms with E-state index in [2.05, 4.69) is 15.2 Å². The highest BCUT2D eigenvalue weighted by molar-refractivity contribution is 7.99. The largest absolute Gasteiger partial charge is 0.462 e. The zero-order chi connectivity index (χ0) is 9.68. The number of H-pyrrole nitrogens is 1. The summed E-state index contributed by atoms with van der Waals surface area (Å²) in [5, 5.41) is 6.92. The Kier molecular flexibility index (Phi) is 3.75. The molecule has 1 rings (SSSR count). The molecule has 0 bridgehead atoms. The minimum atomic E-state index is -0.239. The van der Waals surface area contributed by atoms with Crippen LogP contribution in [0.4, 0.5) is 0 Å². The summed E-state index contributed by atoms with van der Waals surface area (Å²) in [4.78, 5) is 14.9. The van der Waals surface area contributed by atoms with Crippen molar-refractivity contribution in [1.82, 2.24) is 15.2 Å². The van der Waals surface area contributed by atoms with Gasteiger partial charge in [-0.3, -0.25) is 9.89 Å². The second-order valence-corrected chi connectivity index (χ2v) is 3.58. The number of thioether (sulfide) groups is 1. The Morgan fingerprint density at radius 2 is 2.54 bits per heavy atom. The van der Waals surface area contributed by atoms with Gasteiger partial charge in [0.05, 0.1) is 11.9 Å². The second-order valence-electron chi connectivity index (χ2n) is 2.62. The molecule has 13 heavy (non-hydrogen) atoms. The monoisotopic (exact) mass is 201 g/mol. The van der Waals surface area contributed by atoms with Gasteiger partial charge in [-0.25, -0.2) is 4.98 Å². The number of ether oxygens (including phenoxy) is 1. The summed E-state index contributed by atoms with van der Waals surface area (Å²) in [6.45, 7) is 3.63. The van der Waals surface area contributed by atoms with Crippen molar-refractivity contribution in [2.24, 2.45) is 0 Å². The highest BCUT2D eigenvalue weighted by Gasteiger charge is 2.07. The maximum atomic E-state index is 11.0. The number of rotatable bonds is 4. The van der Waals surface area contributed by atoms with E-state index in [9.17, 15) is 4.79 Å². The normalized spacial score (nSPS) is 10.4. The fourth-order valence-corrected chi connectivity index (χ4v) is 1.25. The van der Waals surface area contributed by atoms with E-state index in [1.54, 1.807) is 0 Å². The quantitative estimate of drug-likeness (QED) is 0.577. The minimum absolute atomic E-state index is 0.0668. The zero-order valence-electron chi connectivity index (χ0n) is 7.48. The molecule has 0 unspecified atom stereocenters. The molecular weight excluding hydrogens is 190 g/mol. The summed E-state index contributed by atoms with van der Waals surface area (Å²) in [6, 6.07) is 0. The summed E-state index contributed by atoms with van der Waals surface area (Å²) in [6.07, 6.45) is 1.33. The third-order valence-corrected chi connectivity index (χ3v) is 1.94. The number of hydrogen-bond donors (Lipinski definition) is 1. The van der Waals surface area contributed by atoms with Crippen LogP contribution in [0.2, 0.25) is 0 Å². The molecule has 0 radical (unpaired) electrons. The summed E-state index contributed by atoms with van der Waals surface area (Å²) < 4.78 is 4.93. The Balaban J connectivity index is 2.23. The number of nitrogens with zero attached hydrogens (tertiary/aromatic N) is 2. The predicted octanol–water partition coefficient (Wildman–Crippen LogP) is 0.848. The van der Waals surface area contributed by atoms with Crippen LogP contribution in [0.1, 0.15) is 13.8 Å². The number of carbonyl (C=O) groups excluding carboxylic acids is 1. The molecule has 0 saturated carbocycles. The Morgan fingerprint density at radius 1 is 1.77 bits per heavy atom. The van der Waals surface area contributed by atoms with Gasteiger partial charge in [0.15, 0.2) is 5.16 Å². The summed E-state index contributed by atoms with van der Waals surface area (Å²) in [7, 11) is 0. The lowest BCUT2D eigenvalue weighted by atomic mass is 10.5. The topological polar surface area (TPSA) is 67.9 Å². The van der Waals surface area contributed by atoms with Gasteiger partial charge in [-0.05, 0) is 13.8 Å². The molecule has 0 aliphatic carbocycles. The van der Waals surface area contributed by atoms with Gasteiger partial charge in [-0.15, -0.1) is 0 Å².